The fourth-order valence-electron chi connectivity index (χ4n) is 2.99. The maximum atomic E-state index is 12.5. The number of para-hydroxylation sites is 2. The normalized spacial score (nSPS) is 13.1. The third-order valence-electron chi connectivity index (χ3n) is 4.42. The van der Waals surface area contributed by atoms with Crippen molar-refractivity contribution in [2.24, 2.45) is 0 Å². The molecule has 3 rings (SSSR count). The van der Waals surface area contributed by atoms with Gasteiger partial charge in [0.05, 0.1) is 18.8 Å². The highest BCUT2D eigenvalue weighted by Gasteiger charge is 2.22. The fourth-order valence-corrected chi connectivity index (χ4v) is 2.99. The van der Waals surface area contributed by atoms with Crippen molar-refractivity contribution < 1.29 is 14.3 Å². The Morgan fingerprint density at radius 3 is 2.88 bits per heavy atom. The van der Waals surface area contributed by atoms with Crippen LogP contribution in [0.4, 0.5) is 5.69 Å². The van der Waals surface area contributed by atoms with Gasteiger partial charge in [0.1, 0.15) is 18.1 Å². The summed E-state index contributed by atoms with van der Waals surface area (Å²) in [7, 11) is 0. The molecule has 0 bridgehead atoms. The van der Waals surface area contributed by atoms with Crippen LogP contribution in [-0.4, -0.2) is 25.7 Å². The van der Waals surface area contributed by atoms with Gasteiger partial charge in [0, 0.05) is 6.42 Å². The number of fused-ring (bicyclic) bond motifs is 1. The number of carbonyl (C=O) groups excluding carboxylic acids is 1. The Balaban J connectivity index is 1.45. The molecule has 0 saturated heterocycles. The van der Waals surface area contributed by atoms with E-state index in [1.165, 1.54) is 5.56 Å². The number of benzene rings is 2. The molecule has 4 heteroatoms. The second-order valence-corrected chi connectivity index (χ2v) is 6.44. The molecule has 132 valence electrons. The summed E-state index contributed by atoms with van der Waals surface area (Å²) in [5.74, 6) is 1.89. The van der Waals surface area contributed by atoms with Gasteiger partial charge in [-0.05, 0) is 56.0 Å². The summed E-state index contributed by atoms with van der Waals surface area (Å²) in [4.78, 5) is 14.4. The van der Waals surface area contributed by atoms with Crippen LogP contribution in [0.5, 0.6) is 11.5 Å². The highest BCUT2D eigenvalue weighted by molar-refractivity contribution is 5.95. The molecular weight excluding hydrogens is 314 g/mol. The summed E-state index contributed by atoms with van der Waals surface area (Å²) in [6.07, 6.45) is 2.22. The summed E-state index contributed by atoms with van der Waals surface area (Å²) in [5.41, 5.74) is 3.22. The molecule has 0 aromatic heterocycles. The first kappa shape index (κ1) is 17.3. The lowest BCUT2D eigenvalue weighted by molar-refractivity contribution is -0.119. The summed E-state index contributed by atoms with van der Waals surface area (Å²) in [6.45, 7) is 5.92. The monoisotopic (exact) mass is 339 g/mol. The zero-order chi connectivity index (χ0) is 17.6. The van der Waals surface area contributed by atoms with Gasteiger partial charge in [-0.2, -0.15) is 0 Å². The van der Waals surface area contributed by atoms with Gasteiger partial charge < -0.3 is 14.4 Å². The molecule has 1 aliphatic rings. The van der Waals surface area contributed by atoms with E-state index in [9.17, 15) is 4.79 Å². The highest BCUT2D eigenvalue weighted by atomic mass is 16.5. The van der Waals surface area contributed by atoms with Crippen molar-refractivity contribution in [2.45, 2.75) is 33.1 Å². The fraction of sp³-hybridized carbons (Fsp3) is 0.381. The second-order valence-electron chi connectivity index (χ2n) is 6.44. The van der Waals surface area contributed by atoms with Gasteiger partial charge in [-0.25, -0.2) is 0 Å². The van der Waals surface area contributed by atoms with Crippen molar-refractivity contribution in [1.82, 2.24) is 0 Å². The number of nitrogens with zero attached hydrogens (tertiary/aromatic N) is 1. The lowest BCUT2D eigenvalue weighted by atomic mass is 10.1. The number of hydrogen-bond acceptors (Lipinski definition) is 3. The molecule has 1 amide bonds. The standard InChI is InChI=1S/C21H25NO3/c1-16-10-11-17(2)20(15-16)24-13-6-5-9-21(23)22-12-14-25-19-8-4-3-7-18(19)22/h3-4,7-8,10-11,15H,5-6,9,12-14H2,1-2H3. The van der Waals surface area contributed by atoms with Gasteiger partial charge in [-0.15, -0.1) is 0 Å². The minimum atomic E-state index is 0.155. The summed E-state index contributed by atoms with van der Waals surface area (Å²) < 4.78 is 11.5. The van der Waals surface area contributed by atoms with E-state index >= 15 is 0 Å². The molecule has 2 aromatic carbocycles. The predicted molar refractivity (Wildman–Crippen MR) is 99.6 cm³/mol. The first-order valence-corrected chi connectivity index (χ1v) is 8.87. The summed E-state index contributed by atoms with van der Waals surface area (Å²) in [6, 6.07) is 13.9. The molecule has 0 unspecified atom stereocenters. The third-order valence-corrected chi connectivity index (χ3v) is 4.42. The van der Waals surface area contributed by atoms with Crippen molar-refractivity contribution in [2.75, 3.05) is 24.7 Å². The van der Waals surface area contributed by atoms with Crippen molar-refractivity contribution >= 4 is 11.6 Å². The number of carbonyl (C=O) groups is 1. The van der Waals surface area contributed by atoms with Crippen molar-refractivity contribution in [3.63, 3.8) is 0 Å². The van der Waals surface area contributed by atoms with Crippen molar-refractivity contribution in [3.05, 3.63) is 53.6 Å². The van der Waals surface area contributed by atoms with E-state index in [0.717, 1.165) is 35.6 Å². The number of hydrogen-bond donors (Lipinski definition) is 0. The molecule has 0 aliphatic carbocycles. The molecule has 25 heavy (non-hydrogen) atoms. The van der Waals surface area contributed by atoms with E-state index in [1.54, 1.807) is 0 Å². The van der Waals surface area contributed by atoms with E-state index in [0.29, 0.717) is 26.2 Å². The molecule has 0 saturated carbocycles. The molecular formula is C21H25NO3. The SMILES string of the molecule is Cc1ccc(C)c(OCCCCC(=O)N2CCOc3ccccc32)c1. The Labute approximate surface area is 149 Å². The molecule has 0 atom stereocenters. The van der Waals surface area contributed by atoms with E-state index in [2.05, 4.69) is 25.1 Å². The van der Waals surface area contributed by atoms with Gasteiger partial charge in [0.2, 0.25) is 5.91 Å². The van der Waals surface area contributed by atoms with Crippen LogP contribution in [0.3, 0.4) is 0 Å². The topological polar surface area (TPSA) is 38.8 Å². The van der Waals surface area contributed by atoms with Gasteiger partial charge in [-0.1, -0.05) is 24.3 Å². The molecule has 1 heterocycles. The van der Waals surface area contributed by atoms with Crippen LogP contribution in [0.25, 0.3) is 0 Å². The first-order chi connectivity index (χ1) is 12.1. The van der Waals surface area contributed by atoms with Gasteiger partial charge >= 0.3 is 0 Å². The van der Waals surface area contributed by atoms with E-state index in [-0.39, 0.29) is 5.91 Å². The predicted octanol–water partition coefficient (Wildman–Crippen LogP) is 4.28. The summed E-state index contributed by atoms with van der Waals surface area (Å²) in [5, 5.41) is 0. The molecule has 2 aromatic rings. The average molecular weight is 339 g/mol. The number of rotatable bonds is 6. The molecule has 0 N–H and O–H groups in total. The van der Waals surface area contributed by atoms with Crippen LogP contribution in [0.2, 0.25) is 0 Å². The van der Waals surface area contributed by atoms with Gasteiger partial charge in [-0.3, -0.25) is 4.79 Å². The van der Waals surface area contributed by atoms with E-state index < -0.39 is 0 Å². The molecule has 1 aliphatic heterocycles. The van der Waals surface area contributed by atoms with E-state index in [1.807, 2.05) is 36.1 Å². The minimum Gasteiger partial charge on any atom is -0.493 e. The minimum absolute atomic E-state index is 0.155. The third kappa shape index (κ3) is 4.32. The Kier molecular flexibility index (Phi) is 5.59. The van der Waals surface area contributed by atoms with Gasteiger partial charge in [0.15, 0.2) is 0 Å². The van der Waals surface area contributed by atoms with Gasteiger partial charge in [0.25, 0.3) is 0 Å². The Bertz CT molecular complexity index is 742. The zero-order valence-electron chi connectivity index (χ0n) is 15.0. The van der Waals surface area contributed by atoms with E-state index in [4.69, 9.17) is 9.47 Å². The number of unbranched alkanes of at least 4 members (excludes halogenated alkanes) is 1. The number of anilines is 1. The molecule has 0 spiro atoms. The highest BCUT2D eigenvalue weighted by Crippen LogP contribution is 2.31. The molecule has 0 fully saturated rings. The quantitative estimate of drug-likeness (QED) is 0.738. The van der Waals surface area contributed by atoms with Crippen LogP contribution in [0.15, 0.2) is 42.5 Å². The number of ether oxygens (including phenoxy) is 2. The second kappa shape index (κ2) is 8.06. The Morgan fingerprint density at radius 2 is 2.00 bits per heavy atom. The largest absolute Gasteiger partial charge is 0.493 e. The van der Waals surface area contributed by atoms with Crippen LogP contribution >= 0.6 is 0 Å². The molecule has 4 nitrogen and oxygen atoms in total. The smallest absolute Gasteiger partial charge is 0.227 e. The number of aryl methyl sites for hydroxylation is 2. The Hall–Kier alpha value is -2.49. The average Bonchev–Trinajstić information content (AvgIpc) is 2.63. The zero-order valence-corrected chi connectivity index (χ0v) is 15.0. The maximum absolute atomic E-state index is 12.5. The van der Waals surface area contributed by atoms with Crippen LogP contribution in [0, 0.1) is 13.8 Å². The van der Waals surface area contributed by atoms with Crippen LogP contribution < -0.4 is 14.4 Å². The first-order valence-electron chi connectivity index (χ1n) is 8.87. The lowest BCUT2D eigenvalue weighted by Crippen LogP contribution is -2.37. The Morgan fingerprint density at radius 1 is 1.16 bits per heavy atom. The van der Waals surface area contributed by atoms with Crippen LogP contribution in [0.1, 0.15) is 30.4 Å². The van der Waals surface area contributed by atoms with Crippen LogP contribution in [-0.2, 0) is 4.79 Å². The maximum Gasteiger partial charge on any atom is 0.227 e. The van der Waals surface area contributed by atoms with Crippen molar-refractivity contribution in [3.8, 4) is 11.5 Å². The number of amides is 1. The van der Waals surface area contributed by atoms with Crippen molar-refractivity contribution in [1.29, 1.82) is 0 Å². The molecule has 0 radical (unpaired) electrons. The summed E-state index contributed by atoms with van der Waals surface area (Å²) >= 11 is 0. The lowest BCUT2D eigenvalue weighted by Gasteiger charge is -2.29.